The highest BCUT2D eigenvalue weighted by molar-refractivity contribution is 5.66. The Morgan fingerprint density at radius 2 is 1.87 bits per heavy atom. The van der Waals surface area contributed by atoms with E-state index in [-0.39, 0.29) is 11.5 Å². The van der Waals surface area contributed by atoms with Gasteiger partial charge in [-0.05, 0) is 33.0 Å². The molecule has 0 saturated heterocycles. The van der Waals surface area contributed by atoms with Crippen LogP contribution in [0.5, 0.6) is 0 Å². The highest BCUT2D eigenvalue weighted by Crippen LogP contribution is 2.40. The van der Waals surface area contributed by atoms with E-state index < -0.39 is 0 Å². The van der Waals surface area contributed by atoms with E-state index in [1.54, 1.807) is 0 Å². The van der Waals surface area contributed by atoms with Crippen molar-refractivity contribution in [3.05, 3.63) is 59.4 Å². The van der Waals surface area contributed by atoms with E-state index in [0.717, 1.165) is 23.5 Å². The Bertz CT molecular complexity index is 845. The molecule has 0 spiro atoms. The smallest absolute Gasteiger partial charge is 0.184 e. The molecule has 116 valence electrons. The Kier molecular flexibility index (Phi) is 3.04. The van der Waals surface area contributed by atoms with Gasteiger partial charge in [0, 0.05) is 18.2 Å². The standard InChI is InChI=1S/C18H19N5/c1-18(2,3)13-9-10-19-14-11-15(12-7-5-4-6-8-12)23-17(16(13)14)20-21-22-23/h4-10,15H,11H2,1-3H3/t15-/m0/s1. The van der Waals surface area contributed by atoms with Crippen LogP contribution in [-0.4, -0.2) is 25.2 Å². The number of pyridine rings is 1. The van der Waals surface area contributed by atoms with Crippen LogP contribution in [0, 0.1) is 0 Å². The lowest BCUT2D eigenvalue weighted by Gasteiger charge is -2.29. The fourth-order valence-electron chi connectivity index (χ4n) is 3.31. The monoisotopic (exact) mass is 305 g/mol. The summed E-state index contributed by atoms with van der Waals surface area (Å²) in [4.78, 5) is 4.64. The first-order valence-electron chi connectivity index (χ1n) is 7.87. The SMILES string of the molecule is CC(C)(C)c1ccnc2c1-c1nnnn1[C@H](c1ccccc1)C2. The van der Waals surface area contributed by atoms with Gasteiger partial charge >= 0.3 is 0 Å². The van der Waals surface area contributed by atoms with E-state index in [9.17, 15) is 0 Å². The van der Waals surface area contributed by atoms with Crippen LogP contribution in [0.3, 0.4) is 0 Å². The average molecular weight is 305 g/mol. The third-order valence-electron chi connectivity index (χ3n) is 4.42. The molecule has 1 aliphatic rings. The molecule has 3 heterocycles. The molecule has 4 rings (SSSR count). The van der Waals surface area contributed by atoms with E-state index in [0.29, 0.717) is 0 Å². The Morgan fingerprint density at radius 1 is 1.09 bits per heavy atom. The summed E-state index contributed by atoms with van der Waals surface area (Å²) in [6.07, 6.45) is 2.71. The highest BCUT2D eigenvalue weighted by atomic mass is 15.6. The van der Waals surface area contributed by atoms with E-state index in [2.05, 4.69) is 59.5 Å². The second kappa shape index (κ2) is 4.98. The Hall–Kier alpha value is -2.56. The zero-order valence-electron chi connectivity index (χ0n) is 13.6. The third kappa shape index (κ3) is 2.23. The number of benzene rings is 1. The zero-order chi connectivity index (χ0) is 16.0. The van der Waals surface area contributed by atoms with Crippen molar-refractivity contribution < 1.29 is 0 Å². The lowest BCUT2D eigenvalue weighted by molar-refractivity contribution is 0.488. The van der Waals surface area contributed by atoms with Crippen LogP contribution in [0.25, 0.3) is 11.4 Å². The van der Waals surface area contributed by atoms with E-state index in [4.69, 9.17) is 0 Å². The third-order valence-corrected chi connectivity index (χ3v) is 4.42. The summed E-state index contributed by atoms with van der Waals surface area (Å²) in [6, 6.07) is 12.5. The molecule has 5 nitrogen and oxygen atoms in total. The summed E-state index contributed by atoms with van der Waals surface area (Å²) >= 11 is 0. The molecule has 23 heavy (non-hydrogen) atoms. The number of hydrogen-bond donors (Lipinski definition) is 0. The van der Waals surface area contributed by atoms with Gasteiger partial charge in [0.05, 0.1) is 11.7 Å². The molecular formula is C18H19N5. The van der Waals surface area contributed by atoms with Crippen molar-refractivity contribution in [2.75, 3.05) is 0 Å². The average Bonchev–Trinajstić information content (AvgIpc) is 3.03. The highest BCUT2D eigenvalue weighted by Gasteiger charge is 2.33. The lowest BCUT2D eigenvalue weighted by Crippen LogP contribution is -2.25. The maximum absolute atomic E-state index is 4.64. The van der Waals surface area contributed by atoms with Gasteiger partial charge in [0.15, 0.2) is 5.82 Å². The van der Waals surface area contributed by atoms with Gasteiger partial charge in [0.25, 0.3) is 0 Å². The summed E-state index contributed by atoms with van der Waals surface area (Å²) in [5.41, 5.74) is 4.63. The topological polar surface area (TPSA) is 56.5 Å². The maximum atomic E-state index is 4.64. The number of tetrazole rings is 1. The summed E-state index contributed by atoms with van der Waals surface area (Å²) in [5.74, 6) is 0.818. The minimum atomic E-state index is 0.0172. The molecule has 0 aliphatic carbocycles. The lowest BCUT2D eigenvalue weighted by atomic mass is 9.81. The van der Waals surface area contributed by atoms with Crippen LogP contribution in [-0.2, 0) is 11.8 Å². The minimum Gasteiger partial charge on any atom is -0.260 e. The number of rotatable bonds is 1. The molecule has 0 radical (unpaired) electrons. The molecular weight excluding hydrogens is 286 g/mol. The first-order valence-corrected chi connectivity index (χ1v) is 7.87. The van der Waals surface area contributed by atoms with Crippen LogP contribution in [0.1, 0.15) is 43.6 Å². The van der Waals surface area contributed by atoms with Crippen LogP contribution in [0.4, 0.5) is 0 Å². The molecule has 0 unspecified atom stereocenters. The van der Waals surface area contributed by atoms with Crippen molar-refractivity contribution >= 4 is 0 Å². The molecule has 0 fully saturated rings. The number of hydrogen-bond acceptors (Lipinski definition) is 4. The van der Waals surface area contributed by atoms with Crippen molar-refractivity contribution in [3.63, 3.8) is 0 Å². The van der Waals surface area contributed by atoms with Gasteiger partial charge in [-0.25, -0.2) is 4.68 Å². The van der Waals surface area contributed by atoms with Crippen LogP contribution in [0.15, 0.2) is 42.6 Å². The zero-order valence-corrected chi connectivity index (χ0v) is 13.6. The summed E-state index contributed by atoms with van der Waals surface area (Å²) in [7, 11) is 0. The molecule has 0 N–H and O–H groups in total. The molecule has 1 atom stereocenters. The molecule has 0 bridgehead atoms. The predicted octanol–water partition coefficient (Wildman–Crippen LogP) is 3.18. The van der Waals surface area contributed by atoms with Gasteiger partial charge in [-0.15, -0.1) is 5.10 Å². The van der Waals surface area contributed by atoms with E-state index in [1.807, 2.05) is 29.1 Å². The molecule has 0 amide bonds. The van der Waals surface area contributed by atoms with Crippen molar-refractivity contribution in [2.24, 2.45) is 0 Å². The van der Waals surface area contributed by atoms with Crippen LogP contribution >= 0.6 is 0 Å². The quantitative estimate of drug-likeness (QED) is 0.693. The fourth-order valence-corrected chi connectivity index (χ4v) is 3.31. The molecule has 2 aromatic heterocycles. The largest absolute Gasteiger partial charge is 0.260 e. The van der Waals surface area contributed by atoms with Gasteiger partial charge in [-0.1, -0.05) is 51.1 Å². The van der Waals surface area contributed by atoms with Crippen LogP contribution < -0.4 is 0 Å². The number of nitrogens with zero attached hydrogens (tertiary/aromatic N) is 5. The molecule has 0 saturated carbocycles. The van der Waals surface area contributed by atoms with Crippen LogP contribution in [0.2, 0.25) is 0 Å². The summed E-state index contributed by atoms with van der Waals surface area (Å²) < 4.78 is 1.94. The Labute approximate surface area is 135 Å². The fraction of sp³-hybridized carbons (Fsp3) is 0.333. The Balaban J connectivity index is 1.92. The molecule has 5 heteroatoms. The van der Waals surface area contributed by atoms with Crippen molar-refractivity contribution in [3.8, 4) is 11.4 Å². The molecule has 3 aromatic rings. The van der Waals surface area contributed by atoms with Gasteiger partial charge in [0.2, 0.25) is 0 Å². The minimum absolute atomic E-state index is 0.0172. The van der Waals surface area contributed by atoms with Crippen molar-refractivity contribution in [1.82, 2.24) is 25.2 Å². The van der Waals surface area contributed by atoms with E-state index in [1.165, 1.54) is 11.1 Å². The predicted molar refractivity (Wildman–Crippen MR) is 88.0 cm³/mol. The second-order valence-electron chi connectivity index (χ2n) is 7.01. The first kappa shape index (κ1) is 14.1. The van der Waals surface area contributed by atoms with E-state index >= 15 is 0 Å². The number of fused-ring (bicyclic) bond motifs is 3. The summed E-state index contributed by atoms with van der Waals surface area (Å²) in [6.45, 7) is 6.63. The molecule has 1 aliphatic heterocycles. The molecule has 1 aromatic carbocycles. The van der Waals surface area contributed by atoms with Crippen molar-refractivity contribution in [2.45, 2.75) is 38.6 Å². The maximum Gasteiger partial charge on any atom is 0.184 e. The Morgan fingerprint density at radius 3 is 2.61 bits per heavy atom. The second-order valence-corrected chi connectivity index (χ2v) is 7.01. The first-order chi connectivity index (χ1) is 11.1. The van der Waals surface area contributed by atoms with Crippen molar-refractivity contribution in [1.29, 1.82) is 0 Å². The normalized spacial score (nSPS) is 16.7. The summed E-state index contributed by atoms with van der Waals surface area (Å²) in [5, 5.41) is 12.5. The van der Waals surface area contributed by atoms with Gasteiger partial charge < -0.3 is 0 Å². The van der Waals surface area contributed by atoms with Gasteiger partial charge in [-0.2, -0.15) is 0 Å². The van der Waals surface area contributed by atoms with Gasteiger partial charge in [-0.3, -0.25) is 4.98 Å². The number of aromatic nitrogens is 5. The van der Waals surface area contributed by atoms with Gasteiger partial charge in [0.1, 0.15) is 0 Å².